The quantitative estimate of drug-likeness (QED) is 0.391. The maximum Gasteiger partial charge on any atom is 0.252 e. The third-order valence-electron chi connectivity index (χ3n) is 7.24. The van der Waals surface area contributed by atoms with Crippen molar-refractivity contribution in [1.29, 1.82) is 0 Å². The van der Waals surface area contributed by atoms with Gasteiger partial charge in [0.2, 0.25) is 6.79 Å². The minimum atomic E-state index is -0.0872. The van der Waals surface area contributed by atoms with E-state index in [1.54, 1.807) is 0 Å². The zero-order valence-electron chi connectivity index (χ0n) is 21.1. The lowest BCUT2D eigenvalue weighted by Gasteiger charge is -2.22. The first kappa shape index (κ1) is 23.6. The van der Waals surface area contributed by atoms with Gasteiger partial charge in [-0.25, -0.2) is 4.68 Å². The summed E-state index contributed by atoms with van der Waals surface area (Å²) in [5, 5.41) is 13.5. The van der Waals surface area contributed by atoms with Gasteiger partial charge in [0.1, 0.15) is 0 Å². The summed E-state index contributed by atoms with van der Waals surface area (Å²) in [4.78, 5) is 18.4. The highest BCUT2D eigenvalue weighted by atomic mass is 16.7. The van der Waals surface area contributed by atoms with Crippen LogP contribution in [0.15, 0.2) is 41.2 Å². The lowest BCUT2D eigenvalue weighted by Crippen LogP contribution is -2.29. The summed E-state index contributed by atoms with van der Waals surface area (Å²) in [5.74, 6) is 2.21. The van der Waals surface area contributed by atoms with E-state index in [0.29, 0.717) is 31.7 Å². The van der Waals surface area contributed by atoms with Crippen molar-refractivity contribution in [1.82, 2.24) is 30.1 Å². The van der Waals surface area contributed by atoms with Gasteiger partial charge in [0.15, 0.2) is 17.3 Å². The second-order valence-electron chi connectivity index (χ2n) is 9.84. The molecule has 0 radical (unpaired) electrons. The van der Waals surface area contributed by atoms with E-state index in [9.17, 15) is 4.79 Å². The Morgan fingerprint density at radius 2 is 1.97 bits per heavy atom. The van der Waals surface area contributed by atoms with E-state index in [-0.39, 0.29) is 18.5 Å². The van der Waals surface area contributed by atoms with E-state index in [0.717, 1.165) is 64.4 Å². The van der Waals surface area contributed by atoms with Gasteiger partial charge in [-0.1, -0.05) is 18.2 Å². The Hall–Kier alpha value is -3.76. The number of hydrogen-bond acceptors (Lipinski definition) is 8. The fourth-order valence-corrected chi connectivity index (χ4v) is 5.05. The number of tetrazole rings is 1. The third-order valence-corrected chi connectivity index (χ3v) is 7.24. The van der Waals surface area contributed by atoms with Gasteiger partial charge in [0.05, 0.1) is 24.7 Å². The van der Waals surface area contributed by atoms with Crippen LogP contribution >= 0.6 is 0 Å². The number of H-pyrrole nitrogens is 1. The number of benzene rings is 2. The van der Waals surface area contributed by atoms with Gasteiger partial charge in [-0.15, -0.1) is 5.10 Å². The van der Waals surface area contributed by atoms with Gasteiger partial charge < -0.3 is 19.2 Å². The second kappa shape index (κ2) is 9.95. The summed E-state index contributed by atoms with van der Waals surface area (Å²) in [5.41, 5.74) is 4.78. The highest BCUT2D eigenvalue weighted by molar-refractivity contribution is 5.83. The van der Waals surface area contributed by atoms with Crippen LogP contribution in [0.3, 0.4) is 0 Å². The highest BCUT2D eigenvalue weighted by Gasteiger charge is 2.22. The first-order chi connectivity index (χ1) is 18.0. The maximum absolute atomic E-state index is 13.2. The summed E-state index contributed by atoms with van der Waals surface area (Å²) >= 11 is 0. The van der Waals surface area contributed by atoms with Crippen molar-refractivity contribution in [3.63, 3.8) is 0 Å². The highest BCUT2D eigenvalue weighted by Crippen LogP contribution is 2.33. The van der Waals surface area contributed by atoms with Gasteiger partial charge >= 0.3 is 0 Å². The summed E-state index contributed by atoms with van der Waals surface area (Å²) in [6.07, 6.45) is 2.19. The van der Waals surface area contributed by atoms with Crippen LogP contribution in [0.2, 0.25) is 0 Å². The first-order valence-corrected chi connectivity index (χ1v) is 12.6. The van der Waals surface area contributed by atoms with E-state index in [1.807, 2.05) is 35.9 Å². The Morgan fingerprint density at radius 1 is 1.08 bits per heavy atom. The van der Waals surface area contributed by atoms with Crippen molar-refractivity contribution >= 4 is 10.9 Å². The van der Waals surface area contributed by atoms with Crippen molar-refractivity contribution in [2.45, 2.75) is 59.0 Å². The van der Waals surface area contributed by atoms with Crippen LogP contribution in [-0.2, 0) is 30.9 Å². The van der Waals surface area contributed by atoms with Crippen molar-refractivity contribution < 1.29 is 14.2 Å². The van der Waals surface area contributed by atoms with E-state index in [1.165, 1.54) is 0 Å². The lowest BCUT2D eigenvalue weighted by molar-refractivity contribution is 0.0914. The van der Waals surface area contributed by atoms with E-state index >= 15 is 0 Å². The number of aromatic nitrogens is 5. The Labute approximate surface area is 214 Å². The molecular weight excluding hydrogens is 472 g/mol. The number of nitrogens with one attached hydrogen (secondary N) is 1. The third kappa shape index (κ3) is 4.94. The number of ether oxygens (including phenoxy) is 3. The molecule has 1 unspecified atom stereocenters. The minimum absolute atomic E-state index is 0.0872. The Bertz CT molecular complexity index is 1490. The molecule has 0 spiro atoms. The van der Waals surface area contributed by atoms with Gasteiger partial charge in [0.25, 0.3) is 5.56 Å². The molecule has 37 heavy (non-hydrogen) atoms. The van der Waals surface area contributed by atoms with Crippen LogP contribution in [0, 0.1) is 13.8 Å². The summed E-state index contributed by atoms with van der Waals surface area (Å²) in [7, 11) is 0. The predicted molar refractivity (Wildman–Crippen MR) is 136 cm³/mol. The Balaban J connectivity index is 1.30. The molecule has 4 aromatic rings. The van der Waals surface area contributed by atoms with E-state index < -0.39 is 0 Å². The van der Waals surface area contributed by atoms with Gasteiger partial charge in [0, 0.05) is 25.3 Å². The molecule has 4 heterocycles. The molecule has 10 nitrogen and oxygen atoms in total. The molecule has 2 aliphatic rings. The van der Waals surface area contributed by atoms with E-state index in [2.05, 4.69) is 44.5 Å². The molecule has 0 bridgehead atoms. The molecule has 192 valence electrons. The lowest BCUT2D eigenvalue weighted by atomic mass is 10.0. The summed E-state index contributed by atoms with van der Waals surface area (Å²) in [6, 6.07) is 12.1. The van der Waals surface area contributed by atoms with Gasteiger partial charge in [-0.3, -0.25) is 9.69 Å². The average Bonchev–Trinajstić information content (AvgIpc) is 3.66. The largest absolute Gasteiger partial charge is 0.454 e. The van der Waals surface area contributed by atoms with Crippen LogP contribution < -0.4 is 15.0 Å². The van der Waals surface area contributed by atoms with Crippen molar-refractivity contribution in [2.24, 2.45) is 0 Å². The molecule has 1 saturated heterocycles. The molecule has 6 rings (SSSR count). The van der Waals surface area contributed by atoms with Gasteiger partial charge in [-0.2, -0.15) is 0 Å². The fraction of sp³-hybridized carbons (Fsp3) is 0.407. The number of nitrogens with zero attached hydrogens (tertiary/aromatic N) is 5. The second-order valence-corrected chi connectivity index (χ2v) is 9.84. The number of hydrogen-bond donors (Lipinski definition) is 1. The molecule has 2 aromatic heterocycles. The predicted octanol–water partition coefficient (Wildman–Crippen LogP) is 3.24. The number of aryl methyl sites for hydroxylation is 2. The smallest absolute Gasteiger partial charge is 0.252 e. The SMILES string of the molecule is Cc1ccc2cc(CN(Cc3ccc4c(c3)OCO4)Cc3nnnn3CC3CCCO3)c(=O)[nH]c2c1C. The fourth-order valence-electron chi connectivity index (χ4n) is 5.05. The molecule has 1 atom stereocenters. The molecule has 2 aromatic carbocycles. The monoisotopic (exact) mass is 502 g/mol. The van der Waals surface area contributed by atoms with Crippen LogP contribution in [0.1, 0.15) is 40.9 Å². The molecule has 2 aliphatic heterocycles. The number of rotatable bonds is 8. The van der Waals surface area contributed by atoms with Gasteiger partial charge in [-0.05, 0) is 77.4 Å². The van der Waals surface area contributed by atoms with Crippen molar-refractivity contribution in [3.8, 4) is 11.5 Å². The first-order valence-electron chi connectivity index (χ1n) is 12.6. The zero-order valence-corrected chi connectivity index (χ0v) is 21.1. The number of aromatic amines is 1. The average molecular weight is 503 g/mol. The molecule has 0 amide bonds. The van der Waals surface area contributed by atoms with Crippen LogP contribution in [0.25, 0.3) is 10.9 Å². The van der Waals surface area contributed by atoms with Crippen LogP contribution in [0.4, 0.5) is 0 Å². The Kier molecular flexibility index (Phi) is 6.35. The van der Waals surface area contributed by atoms with Crippen LogP contribution in [-0.4, -0.2) is 49.6 Å². The molecular formula is C27H30N6O4. The maximum atomic E-state index is 13.2. The minimum Gasteiger partial charge on any atom is -0.454 e. The Morgan fingerprint density at radius 3 is 2.84 bits per heavy atom. The molecule has 0 saturated carbocycles. The van der Waals surface area contributed by atoms with Crippen molar-refractivity contribution in [3.05, 3.63) is 74.8 Å². The number of fused-ring (bicyclic) bond motifs is 2. The van der Waals surface area contributed by atoms with E-state index in [4.69, 9.17) is 14.2 Å². The normalized spacial score (nSPS) is 16.8. The summed E-state index contributed by atoms with van der Waals surface area (Å²) in [6.45, 7) is 7.19. The molecule has 10 heteroatoms. The number of pyridine rings is 1. The van der Waals surface area contributed by atoms with Crippen LogP contribution in [0.5, 0.6) is 11.5 Å². The standard InChI is InChI=1S/C27H30N6O4/c1-17-5-7-20-11-21(27(34)28-26(20)18(17)2)13-32(12-19-6-8-23-24(10-19)37-16-36-23)15-25-29-30-31-33(25)14-22-4-3-9-35-22/h5-8,10-11,22H,3-4,9,12-16H2,1-2H3,(H,28,34). The van der Waals surface area contributed by atoms with Crippen molar-refractivity contribution in [2.75, 3.05) is 13.4 Å². The molecule has 0 aliphatic carbocycles. The summed E-state index contributed by atoms with van der Waals surface area (Å²) < 4.78 is 18.7. The topological polar surface area (TPSA) is 107 Å². The zero-order chi connectivity index (χ0) is 25.4. The molecule has 1 N–H and O–H groups in total. The molecule has 1 fully saturated rings.